The molecule has 2 unspecified atom stereocenters. The molecule has 0 saturated carbocycles. The van der Waals surface area contributed by atoms with Crippen LogP contribution >= 0.6 is 23.6 Å². The van der Waals surface area contributed by atoms with Gasteiger partial charge in [-0.2, -0.15) is 13.2 Å². The van der Waals surface area contributed by atoms with Crippen molar-refractivity contribution < 1.29 is 13.2 Å². The van der Waals surface area contributed by atoms with Crippen LogP contribution in [0.4, 0.5) is 13.2 Å². The number of thiophene rings is 1. The maximum absolute atomic E-state index is 13.1. The Bertz CT molecular complexity index is 900. The summed E-state index contributed by atoms with van der Waals surface area (Å²) in [7, 11) is 0. The van der Waals surface area contributed by atoms with Crippen molar-refractivity contribution in [1.82, 2.24) is 4.98 Å². The molecule has 1 aliphatic rings. The number of pyridine rings is 1. The lowest BCUT2D eigenvalue weighted by molar-refractivity contribution is -0.0566. The topological polar surface area (TPSA) is 89.6 Å². The van der Waals surface area contributed by atoms with E-state index in [1.165, 1.54) is 11.3 Å². The van der Waals surface area contributed by atoms with Crippen LogP contribution in [0.2, 0.25) is 0 Å². The molecule has 0 bridgehead atoms. The number of aliphatic imine (C=N–C) groups is 2. The molecule has 0 spiro atoms. The zero-order chi connectivity index (χ0) is 18.4. The number of hydrogen-bond acceptors (Lipinski definition) is 7. The number of alkyl halides is 3. The minimum absolute atomic E-state index is 0.0372. The summed E-state index contributed by atoms with van der Waals surface area (Å²) in [6, 6.07) is 1.81. The maximum Gasteiger partial charge on any atom is 0.434 e. The molecule has 25 heavy (non-hydrogen) atoms. The number of thiocarbonyl (C=S) groups is 1. The summed E-state index contributed by atoms with van der Waals surface area (Å²) in [6.45, 7) is 2.05. The molecule has 2 aromatic rings. The third kappa shape index (κ3) is 3.34. The first-order valence-electron chi connectivity index (χ1n) is 7.31. The fourth-order valence-electron chi connectivity index (χ4n) is 2.48. The molecule has 0 amide bonds. The molecule has 3 rings (SSSR count). The first kappa shape index (κ1) is 18.1. The monoisotopic (exact) mass is 385 g/mol. The molecule has 0 radical (unpaired) electrons. The highest BCUT2D eigenvalue weighted by Crippen LogP contribution is 2.30. The molecule has 5 nitrogen and oxygen atoms in total. The lowest BCUT2D eigenvalue weighted by atomic mass is 10.0. The van der Waals surface area contributed by atoms with Crippen molar-refractivity contribution in [1.29, 1.82) is 0 Å². The second-order valence-electron chi connectivity index (χ2n) is 5.55. The smallest absolute Gasteiger partial charge is 0.326 e. The first-order valence-corrected chi connectivity index (χ1v) is 8.60. The highest BCUT2D eigenvalue weighted by molar-refractivity contribution is 7.82. The van der Waals surface area contributed by atoms with E-state index in [4.69, 9.17) is 23.7 Å². The van der Waals surface area contributed by atoms with Crippen LogP contribution in [0, 0.1) is 0 Å². The van der Waals surface area contributed by atoms with E-state index in [0.29, 0.717) is 12.2 Å². The highest BCUT2D eigenvalue weighted by atomic mass is 32.1. The van der Waals surface area contributed by atoms with Crippen LogP contribution in [0.1, 0.15) is 24.1 Å². The van der Waals surface area contributed by atoms with E-state index in [-0.39, 0.29) is 5.84 Å². The third-order valence-electron chi connectivity index (χ3n) is 3.88. The van der Waals surface area contributed by atoms with E-state index in [0.717, 1.165) is 15.6 Å². The normalized spacial score (nSPS) is 19.8. The molecule has 10 heteroatoms. The minimum atomic E-state index is -4.67. The van der Waals surface area contributed by atoms with Gasteiger partial charge in [-0.05, 0) is 23.9 Å². The van der Waals surface area contributed by atoms with E-state index < -0.39 is 28.8 Å². The summed E-state index contributed by atoms with van der Waals surface area (Å²) in [4.78, 5) is 11.5. The third-order valence-corrected chi connectivity index (χ3v) is 5.30. The van der Waals surface area contributed by atoms with E-state index in [1.807, 2.05) is 11.4 Å². The molecule has 0 fully saturated rings. The summed E-state index contributed by atoms with van der Waals surface area (Å²) in [5.74, 6) is -0.605. The molecule has 132 valence electrons. The Balaban J connectivity index is 2.02. The van der Waals surface area contributed by atoms with Crippen molar-refractivity contribution >= 4 is 50.1 Å². The predicted molar refractivity (Wildman–Crippen MR) is 97.4 cm³/mol. The number of amidine groups is 1. The lowest BCUT2D eigenvalue weighted by Crippen LogP contribution is -2.44. The van der Waals surface area contributed by atoms with Crippen LogP contribution in [0.3, 0.4) is 0 Å². The SMILES string of the molecule is CC(C1=NC(N)C(=S)C(C(F)(F)F)=N1)c1cc2c(CN)csc2cn1. The second kappa shape index (κ2) is 6.52. The molecule has 3 heterocycles. The van der Waals surface area contributed by atoms with Crippen molar-refractivity contribution in [2.24, 2.45) is 21.5 Å². The Morgan fingerprint density at radius 2 is 2.12 bits per heavy atom. The van der Waals surface area contributed by atoms with Crippen LogP contribution in [-0.2, 0) is 6.54 Å². The molecular weight excluding hydrogens is 371 g/mol. The van der Waals surface area contributed by atoms with E-state index in [2.05, 4.69) is 15.0 Å². The molecule has 1 aliphatic heterocycles. The lowest BCUT2D eigenvalue weighted by Gasteiger charge is -2.22. The predicted octanol–water partition coefficient (Wildman–Crippen LogP) is 2.93. The Hall–Kier alpha value is -1.75. The van der Waals surface area contributed by atoms with Gasteiger partial charge in [0, 0.05) is 18.1 Å². The van der Waals surface area contributed by atoms with Crippen LogP contribution < -0.4 is 11.5 Å². The van der Waals surface area contributed by atoms with Crippen LogP contribution in [0.5, 0.6) is 0 Å². The van der Waals surface area contributed by atoms with Gasteiger partial charge in [0.05, 0.1) is 21.2 Å². The van der Waals surface area contributed by atoms with Gasteiger partial charge in [-0.15, -0.1) is 11.3 Å². The van der Waals surface area contributed by atoms with E-state index in [9.17, 15) is 13.2 Å². The van der Waals surface area contributed by atoms with Gasteiger partial charge in [0.1, 0.15) is 12.0 Å². The molecule has 0 saturated heterocycles. The Labute approximate surface area is 150 Å². The number of hydrogen-bond donors (Lipinski definition) is 2. The average molecular weight is 385 g/mol. The summed E-state index contributed by atoms with van der Waals surface area (Å²) >= 11 is 6.24. The quantitative estimate of drug-likeness (QED) is 0.795. The van der Waals surface area contributed by atoms with E-state index in [1.54, 1.807) is 13.1 Å². The molecular formula is C15H14F3N5S2. The molecule has 2 aromatic heterocycles. The van der Waals surface area contributed by atoms with Crippen molar-refractivity contribution in [3.8, 4) is 0 Å². The molecule has 4 N–H and O–H groups in total. The Morgan fingerprint density at radius 3 is 2.76 bits per heavy atom. The van der Waals surface area contributed by atoms with Gasteiger partial charge >= 0.3 is 6.18 Å². The van der Waals surface area contributed by atoms with Gasteiger partial charge in [0.15, 0.2) is 5.71 Å². The minimum Gasteiger partial charge on any atom is -0.326 e. The first-order chi connectivity index (χ1) is 11.7. The van der Waals surface area contributed by atoms with Gasteiger partial charge in [-0.3, -0.25) is 4.98 Å². The van der Waals surface area contributed by atoms with Gasteiger partial charge < -0.3 is 11.5 Å². The number of aromatic nitrogens is 1. The summed E-state index contributed by atoms with van der Waals surface area (Å²) in [5, 5.41) is 2.87. The van der Waals surface area contributed by atoms with Crippen molar-refractivity contribution in [2.75, 3.05) is 0 Å². The van der Waals surface area contributed by atoms with Crippen LogP contribution in [0.15, 0.2) is 27.6 Å². The zero-order valence-corrected chi connectivity index (χ0v) is 14.7. The van der Waals surface area contributed by atoms with Crippen molar-refractivity contribution in [3.63, 3.8) is 0 Å². The summed E-state index contributed by atoms with van der Waals surface area (Å²) in [5.41, 5.74) is 11.7. The maximum atomic E-state index is 13.1. The molecule has 0 aliphatic carbocycles. The summed E-state index contributed by atoms with van der Waals surface area (Å²) < 4.78 is 40.3. The number of rotatable bonds is 3. The number of nitrogens with zero attached hydrogens (tertiary/aromatic N) is 3. The number of halogens is 3. The number of fused-ring (bicyclic) bond motifs is 1. The van der Waals surface area contributed by atoms with E-state index >= 15 is 0 Å². The Kier molecular flexibility index (Phi) is 4.71. The summed E-state index contributed by atoms with van der Waals surface area (Å²) in [6.07, 6.45) is -4.24. The van der Waals surface area contributed by atoms with Crippen LogP contribution in [0.25, 0.3) is 10.1 Å². The standard InChI is InChI=1S/C15H14F3N5S2/c1-6(9-2-8-7(3-19)5-25-10(8)4-21-9)14-22-12(15(16,17)18)11(24)13(20)23-14/h2,4-6,13H,3,19-20H2,1H3. The zero-order valence-electron chi connectivity index (χ0n) is 13.0. The van der Waals surface area contributed by atoms with Gasteiger partial charge in [-0.1, -0.05) is 12.2 Å². The molecule has 2 atom stereocenters. The fraction of sp³-hybridized carbons (Fsp3) is 0.333. The van der Waals surface area contributed by atoms with Gasteiger partial charge in [-0.25, -0.2) is 9.98 Å². The van der Waals surface area contributed by atoms with Gasteiger partial charge in [0.25, 0.3) is 0 Å². The van der Waals surface area contributed by atoms with Gasteiger partial charge in [0.2, 0.25) is 0 Å². The molecule has 0 aromatic carbocycles. The largest absolute Gasteiger partial charge is 0.434 e. The second-order valence-corrected chi connectivity index (χ2v) is 6.90. The van der Waals surface area contributed by atoms with Crippen molar-refractivity contribution in [2.45, 2.75) is 31.7 Å². The van der Waals surface area contributed by atoms with Crippen molar-refractivity contribution in [3.05, 3.63) is 28.9 Å². The number of nitrogens with two attached hydrogens (primary N) is 2. The average Bonchev–Trinajstić information content (AvgIpc) is 2.97. The highest BCUT2D eigenvalue weighted by Gasteiger charge is 2.42. The van der Waals surface area contributed by atoms with Crippen LogP contribution in [-0.4, -0.2) is 33.7 Å². The Morgan fingerprint density at radius 1 is 1.40 bits per heavy atom. The fourth-order valence-corrected chi connectivity index (χ4v) is 3.62.